The SMILES string of the molecule is CCCCCCNc1c(F)c(F)c(/C(=C2\C=CC(C(C(=O)OCC)C(=O)OCC)=N2)c2cccn2B(F)F)c(F)c1F. The molecule has 3 rings (SSSR count). The van der Waals surface area contributed by atoms with Crippen LogP contribution in [0.4, 0.5) is 31.9 Å². The molecule has 2 aromatic rings. The van der Waals surface area contributed by atoms with Crippen LogP contribution in [0.1, 0.15) is 57.7 Å². The topological polar surface area (TPSA) is 81.9 Å². The monoisotopic (exact) mass is 597 g/mol. The van der Waals surface area contributed by atoms with Crippen molar-refractivity contribution < 1.29 is 45.3 Å². The summed E-state index contributed by atoms with van der Waals surface area (Å²) in [6.07, 6.45) is 6.07. The van der Waals surface area contributed by atoms with E-state index in [1.54, 1.807) is 0 Å². The normalized spacial score (nSPS) is 13.8. The highest BCUT2D eigenvalue weighted by Crippen LogP contribution is 2.39. The second kappa shape index (κ2) is 14.8. The maximum absolute atomic E-state index is 15.6. The van der Waals surface area contributed by atoms with Gasteiger partial charge in [0, 0.05) is 17.8 Å². The van der Waals surface area contributed by atoms with Crippen LogP contribution in [-0.2, 0) is 19.1 Å². The van der Waals surface area contributed by atoms with Crippen molar-refractivity contribution >= 4 is 36.3 Å². The first-order chi connectivity index (χ1) is 20.1. The molecule has 42 heavy (non-hydrogen) atoms. The molecule has 0 spiro atoms. The largest absolute Gasteiger partial charge is 0.677 e. The Hall–Kier alpha value is -3.97. The molecule has 0 bridgehead atoms. The van der Waals surface area contributed by atoms with Crippen molar-refractivity contribution in [2.45, 2.75) is 46.5 Å². The molecular formula is C28H30BF6N3O4. The van der Waals surface area contributed by atoms with Crippen molar-refractivity contribution in [1.29, 1.82) is 0 Å². The van der Waals surface area contributed by atoms with Gasteiger partial charge in [-0.05, 0) is 50.7 Å². The zero-order valence-corrected chi connectivity index (χ0v) is 23.3. The van der Waals surface area contributed by atoms with Gasteiger partial charge in [-0.15, -0.1) is 0 Å². The molecule has 1 aliphatic rings. The van der Waals surface area contributed by atoms with E-state index < -0.39 is 76.7 Å². The molecule has 2 heterocycles. The number of unbranched alkanes of at least 4 members (excludes halogenated alkanes) is 3. The minimum absolute atomic E-state index is 0.0355. The fourth-order valence-corrected chi connectivity index (χ4v) is 4.40. The van der Waals surface area contributed by atoms with Crippen LogP contribution in [0.25, 0.3) is 5.57 Å². The van der Waals surface area contributed by atoms with E-state index in [0.717, 1.165) is 49.7 Å². The third-order valence-corrected chi connectivity index (χ3v) is 6.35. The molecule has 0 saturated carbocycles. The Morgan fingerprint density at radius 2 is 1.55 bits per heavy atom. The molecule has 1 aromatic carbocycles. The predicted molar refractivity (Wildman–Crippen MR) is 146 cm³/mol. The average molecular weight is 597 g/mol. The van der Waals surface area contributed by atoms with Gasteiger partial charge in [0.25, 0.3) is 0 Å². The number of carbonyl (C=O) groups excluding carboxylic acids is 2. The van der Waals surface area contributed by atoms with E-state index in [2.05, 4.69) is 10.3 Å². The number of hydrogen-bond acceptors (Lipinski definition) is 6. The molecule has 0 atom stereocenters. The molecule has 0 unspecified atom stereocenters. The van der Waals surface area contributed by atoms with Gasteiger partial charge in [-0.1, -0.05) is 26.2 Å². The van der Waals surface area contributed by atoms with Gasteiger partial charge in [0.1, 0.15) is 5.69 Å². The number of nitrogens with zero attached hydrogens (tertiary/aromatic N) is 2. The minimum atomic E-state index is -3.21. The predicted octanol–water partition coefficient (Wildman–Crippen LogP) is 6.32. The molecule has 0 fully saturated rings. The van der Waals surface area contributed by atoms with E-state index >= 15 is 17.6 Å². The zero-order valence-electron chi connectivity index (χ0n) is 23.3. The van der Waals surface area contributed by atoms with Crippen molar-refractivity contribution in [3.63, 3.8) is 0 Å². The Labute approximate surface area is 239 Å². The Balaban J connectivity index is 2.24. The molecule has 0 aliphatic carbocycles. The summed E-state index contributed by atoms with van der Waals surface area (Å²) in [5.41, 5.74) is -4.33. The van der Waals surface area contributed by atoms with Crippen molar-refractivity contribution in [3.05, 3.63) is 70.7 Å². The van der Waals surface area contributed by atoms with Gasteiger partial charge in [0.15, 0.2) is 29.2 Å². The van der Waals surface area contributed by atoms with Gasteiger partial charge in [-0.2, -0.15) is 0 Å². The Bertz CT molecular complexity index is 1360. The van der Waals surface area contributed by atoms with E-state index in [4.69, 9.17) is 9.47 Å². The number of aliphatic imine (C=N–C) groups is 1. The van der Waals surface area contributed by atoms with Crippen molar-refractivity contribution in [3.8, 4) is 0 Å². The van der Waals surface area contributed by atoms with E-state index in [1.807, 2.05) is 6.92 Å². The van der Waals surface area contributed by atoms with Gasteiger partial charge in [-0.3, -0.25) is 23.2 Å². The van der Waals surface area contributed by atoms with Crippen LogP contribution >= 0.6 is 0 Å². The fourth-order valence-electron chi connectivity index (χ4n) is 4.40. The number of nitrogens with one attached hydrogen (secondary N) is 1. The third kappa shape index (κ3) is 6.91. The molecule has 1 N–H and O–H groups in total. The number of rotatable bonds is 14. The summed E-state index contributed by atoms with van der Waals surface area (Å²) in [7, 11) is -3.21. The summed E-state index contributed by atoms with van der Waals surface area (Å²) in [5.74, 6) is -11.0. The molecule has 14 heteroatoms. The second-order valence-corrected chi connectivity index (χ2v) is 9.14. The lowest BCUT2D eigenvalue weighted by atomic mass is 9.96. The van der Waals surface area contributed by atoms with E-state index in [9.17, 15) is 18.2 Å². The van der Waals surface area contributed by atoms with Crippen molar-refractivity contribution in [2.24, 2.45) is 10.9 Å². The highest BCUT2D eigenvalue weighted by molar-refractivity contribution is 6.41. The summed E-state index contributed by atoms with van der Waals surface area (Å²) >= 11 is 0. The number of anilines is 1. The van der Waals surface area contributed by atoms with Gasteiger partial charge >= 0.3 is 19.3 Å². The zero-order chi connectivity index (χ0) is 31.0. The molecule has 7 nitrogen and oxygen atoms in total. The molecule has 0 amide bonds. The summed E-state index contributed by atoms with van der Waals surface area (Å²) in [6.45, 7) is 4.78. The van der Waals surface area contributed by atoms with Crippen LogP contribution < -0.4 is 5.32 Å². The number of ether oxygens (including phenoxy) is 2. The quantitative estimate of drug-likeness (QED) is 0.0689. The Kier molecular flexibility index (Phi) is 11.5. The maximum Gasteiger partial charge on any atom is 0.677 e. The number of allylic oxidation sites excluding steroid dienone is 2. The molecule has 0 radical (unpaired) electrons. The lowest BCUT2D eigenvalue weighted by Crippen LogP contribution is -2.33. The first kappa shape index (κ1) is 32.5. The molecular weight excluding hydrogens is 567 g/mol. The van der Waals surface area contributed by atoms with Crippen LogP contribution in [0.15, 0.2) is 41.2 Å². The van der Waals surface area contributed by atoms with Gasteiger partial charge in [-0.25, -0.2) is 17.6 Å². The Morgan fingerprint density at radius 1 is 0.929 bits per heavy atom. The van der Waals surface area contributed by atoms with Crippen LogP contribution in [0.3, 0.4) is 0 Å². The van der Waals surface area contributed by atoms with Crippen molar-refractivity contribution in [2.75, 3.05) is 25.1 Å². The van der Waals surface area contributed by atoms with Crippen LogP contribution in [0, 0.1) is 29.2 Å². The summed E-state index contributed by atoms with van der Waals surface area (Å²) in [5, 5.41) is 2.38. The standard InChI is InChI=1S/C28H30BF6N3O4/c1-4-7-8-9-14-36-26-24(32)22(30)21(23(31)25(26)33)19(18-11-10-15-38(18)29(34)35)16-12-13-17(37-16)20(27(39)41-5-2)28(40)42-6-3/h10-13,15,20,36H,4-9,14H2,1-3H3/b19-16+. The highest BCUT2D eigenvalue weighted by Gasteiger charge is 2.37. The number of halogens is 6. The van der Waals surface area contributed by atoms with E-state index in [1.165, 1.54) is 13.8 Å². The lowest BCUT2D eigenvalue weighted by Gasteiger charge is -2.18. The minimum Gasteiger partial charge on any atom is -0.465 e. The van der Waals surface area contributed by atoms with E-state index in [0.29, 0.717) is 10.9 Å². The number of benzene rings is 1. The van der Waals surface area contributed by atoms with E-state index in [-0.39, 0.29) is 25.5 Å². The number of carbonyl (C=O) groups is 2. The Morgan fingerprint density at radius 3 is 2.10 bits per heavy atom. The summed E-state index contributed by atoms with van der Waals surface area (Å²) in [4.78, 5) is 29.2. The summed E-state index contributed by atoms with van der Waals surface area (Å²) < 4.78 is 99.6. The fraction of sp³-hybridized carbons (Fsp3) is 0.393. The second-order valence-electron chi connectivity index (χ2n) is 9.14. The van der Waals surface area contributed by atoms with Crippen LogP contribution in [0.5, 0.6) is 0 Å². The third-order valence-electron chi connectivity index (χ3n) is 6.35. The van der Waals surface area contributed by atoms with Gasteiger partial charge in [0.2, 0.25) is 0 Å². The summed E-state index contributed by atoms with van der Waals surface area (Å²) in [6, 6.07) is 2.19. The van der Waals surface area contributed by atoms with Gasteiger partial charge < -0.3 is 19.3 Å². The van der Waals surface area contributed by atoms with Crippen molar-refractivity contribution in [1.82, 2.24) is 4.48 Å². The average Bonchev–Trinajstić information content (AvgIpc) is 3.63. The van der Waals surface area contributed by atoms with Crippen LogP contribution in [-0.4, -0.2) is 49.3 Å². The first-order valence-electron chi connectivity index (χ1n) is 13.5. The number of esters is 2. The molecule has 1 aromatic heterocycles. The number of hydrogen-bond donors (Lipinski definition) is 1. The lowest BCUT2D eigenvalue weighted by molar-refractivity contribution is -0.157. The molecule has 226 valence electrons. The smallest absolute Gasteiger partial charge is 0.465 e. The molecule has 0 saturated heterocycles. The number of aromatic nitrogens is 1. The van der Waals surface area contributed by atoms with Gasteiger partial charge in [0.05, 0.1) is 30.2 Å². The first-order valence-corrected chi connectivity index (χ1v) is 13.5. The maximum atomic E-state index is 15.6. The highest BCUT2D eigenvalue weighted by atomic mass is 19.2. The van der Waals surface area contributed by atoms with Crippen LogP contribution in [0.2, 0.25) is 0 Å². The molecule has 1 aliphatic heterocycles.